The molecule has 0 fully saturated rings. The van der Waals surface area contributed by atoms with E-state index in [2.05, 4.69) is 15.6 Å². The van der Waals surface area contributed by atoms with Gasteiger partial charge in [0.2, 0.25) is 0 Å². The molecule has 3 N–H and O–H groups in total. The minimum absolute atomic E-state index is 0.0810. The molecular weight excluding hydrogens is 271 g/mol. The second-order valence-electron chi connectivity index (χ2n) is 5.22. The fraction of sp³-hybridized carbons (Fsp3) is 0.615. The first-order chi connectivity index (χ1) is 9.18. The van der Waals surface area contributed by atoms with E-state index in [1.54, 1.807) is 13.8 Å². The van der Waals surface area contributed by atoms with Gasteiger partial charge in [0.25, 0.3) is 0 Å². The molecule has 114 valence electrons. The molecule has 0 spiro atoms. The zero-order chi connectivity index (χ0) is 15.4. The monoisotopic (exact) mass is 291 g/mol. The van der Waals surface area contributed by atoms with E-state index < -0.39 is 17.3 Å². The number of nitrogens with zero attached hydrogens (tertiary/aromatic N) is 1. The van der Waals surface area contributed by atoms with Crippen LogP contribution in [0.1, 0.15) is 32.8 Å². The Hall–Kier alpha value is -1.50. The van der Waals surface area contributed by atoms with Crippen molar-refractivity contribution in [2.75, 3.05) is 23.8 Å². The van der Waals surface area contributed by atoms with Crippen molar-refractivity contribution in [1.29, 1.82) is 0 Å². The number of anilines is 2. The Morgan fingerprint density at radius 1 is 1.20 bits per heavy atom. The van der Waals surface area contributed by atoms with Gasteiger partial charge in [-0.1, -0.05) is 6.92 Å². The van der Waals surface area contributed by atoms with E-state index in [4.69, 9.17) is 5.11 Å². The van der Waals surface area contributed by atoms with Gasteiger partial charge in [-0.3, -0.25) is 0 Å². The topological polar surface area (TPSA) is 57.2 Å². The van der Waals surface area contributed by atoms with Crippen LogP contribution in [0.4, 0.5) is 24.8 Å². The fourth-order valence-electron chi connectivity index (χ4n) is 1.49. The lowest BCUT2D eigenvalue weighted by Gasteiger charge is -2.25. The molecule has 1 rings (SSSR count). The summed E-state index contributed by atoms with van der Waals surface area (Å²) in [5.74, 6) is 0.246. The Kier molecular flexibility index (Phi) is 5.21. The number of pyridine rings is 1. The van der Waals surface area contributed by atoms with Crippen molar-refractivity contribution >= 4 is 11.6 Å². The van der Waals surface area contributed by atoms with Gasteiger partial charge in [0, 0.05) is 6.54 Å². The Morgan fingerprint density at radius 3 is 2.30 bits per heavy atom. The lowest BCUT2D eigenvalue weighted by molar-refractivity contribution is -0.137. The molecule has 0 aliphatic rings. The standard InChI is InChI=1S/C13H20F3N3O/c1-4-5-17-10-6-9(13(14,15)16)7-11(18-10)19-12(2,3)8-20/h6-7,20H,4-5,8H2,1-3H3,(H2,17,18,19). The molecule has 0 aliphatic carbocycles. The minimum atomic E-state index is -4.44. The lowest BCUT2D eigenvalue weighted by atomic mass is 10.1. The van der Waals surface area contributed by atoms with Crippen molar-refractivity contribution in [3.8, 4) is 0 Å². The van der Waals surface area contributed by atoms with Gasteiger partial charge in [-0.05, 0) is 32.4 Å². The van der Waals surface area contributed by atoms with Crippen molar-refractivity contribution in [3.63, 3.8) is 0 Å². The summed E-state index contributed by atoms with van der Waals surface area (Å²) < 4.78 is 38.6. The van der Waals surface area contributed by atoms with E-state index >= 15 is 0 Å². The van der Waals surface area contributed by atoms with Gasteiger partial charge in [0.15, 0.2) is 0 Å². The molecule has 1 aromatic rings. The van der Waals surface area contributed by atoms with Crippen LogP contribution in [-0.4, -0.2) is 28.8 Å². The SMILES string of the molecule is CCCNc1cc(C(F)(F)F)cc(NC(C)(C)CO)n1. The van der Waals surface area contributed by atoms with E-state index in [0.717, 1.165) is 18.6 Å². The predicted molar refractivity (Wildman–Crippen MR) is 72.8 cm³/mol. The predicted octanol–water partition coefficient (Wildman–Crippen LogP) is 3.11. The van der Waals surface area contributed by atoms with Gasteiger partial charge in [0.1, 0.15) is 11.6 Å². The van der Waals surface area contributed by atoms with Crippen LogP contribution < -0.4 is 10.6 Å². The van der Waals surface area contributed by atoms with E-state index in [0.29, 0.717) is 6.54 Å². The number of aromatic nitrogens is 1. The molecule has 1 heterocycles. The maximum Gasteiger partial charge on any atom is 0.416 e. The number of aliphatic hydroxyl groups is 1. The molecule has 0 bridgehead atoms. The summed E-state index contributed by atoms with van der Waals surface area (Å²) in [5.41, 5.74) is -1.53. The minimum Gasteiger partial charge on any atom is -0.394 e. The number of aliphatic hydroxyl groups excluding tert-OH is 1. The molecule has 0 aromatic carbocycles. The van der Waals surface area contributed by atoms with Crippen LogP contribution in [0.25, 0.3) is 0 Å². The number of halogens is 3. The van der Waals surface area contributed by atoms with Crippen molar-refractivity contribution < 1.29 is 18.3 Å². The first-order valence-electron chi connectivity index (χ1n) is 6.40. The summed E-state index contributed by atoms with van der Waals surface area (Å²) in [4.78, 5) is 4.08. The average Bonchev–Trinajstić information content (AvgIpc) is 2.34. The molecule has 0 saturated heterocycles. The second kappa shape index (κ2) is 6.30. The number of rotatable bonds is 6. The van der Waals surface area contributed by atoms with Crippen LogP contribution >= 0.6 is 0 Å². The quantitative estimate of drug-likeness (QED) is 0.754. The van der Waals surface area contributed by atoms with Crippen molar-refractivity contribution in [3.05, 3.63) is 17.7 Å². The lowest BCUT2D eigenvalue weighted by Crippen LogP contribution is -2.35. The van der Waals surface area contributed by atoms with Crippen LogP contribution in [0, 0.1) is 0 Å². The smallest absolute Gasteiger partial charge is 0.394 e. The molecule has 20 heavy (non-hydrogen) atoms. The summed E-state index contributed by atoms with van der Waals surface area (Å²) in [5, 5.41) is 14.8. The average molecular weight is 291 g/mol. The van der Waals surface area contributed by atoms with E-state index in [-0.39, 0.29) is 18.2 Å². The molecule has 0 aliphatic heterocycles. The summed E-state index contributed by atoms with van der Waals surface area (Å²) in [6.45, 7) is 5.58. The largest absolute Gasteiger partial charge is 0.416 e. The number of hydrogen-bond donors (Lipinski definition) is 3. The maximum absolute atomic E-state index is 12.9. The molecule has 0 radical (unpaired) electrons. The Morgan fingerprint density at radius 2 is 1.80 bits per heavy atom. The van der Waals surface area contributed by atoms with Crippen LogP contribution in [0.3, 0.4) is 0 Å². The zero-order valence-electron chi connectivity index (χ0n) is 11.8. The Labute approximate surface area is 116 Å². The van der Waals surface area contributed by atoms with Crippen LogP contribution in [-0.2, 0) is 6.18 Å². The summed E-state index contributed by atoms with van der Waals surface area (Å²) in [6.07, 6.45) is -3.66. The van der Waals surface area contributed by atoms with Crippen LogP contribution in [0.2, 0.25) is 0 Å². The molecular formula is C13H20F3N3O. The van der Waals surface area contributed by atoms with Crippen molar-refractivity contribution in [2.24, 2.45) is 0 Å². The highest BCUT2D eigenvalue weighted by molar-refractivity contribution is 5.50. The first kappa shape index (κ1) is 16.6. The van der Waals surface area contributed by atoms with Crippen LogP contribution in [0.15, 0.2) is 12.1 Å². The Balaban J connectivity index is 3.10. The van der Waals surface area contributed by atoms with Gasteiger partial charge in [-0.15, -0.1) is 0 Å². The van der Waals surface area contributed by atoms with Gasteiger partial charge in [-0.25, -0.2) is 4.98 Å². The molecule has 0 atom stereocenters. The highest BCUT2D eigenvalue weighted by Gasteiger charge is 2.32. The summed E-state index contributed by atoms with van der Waals surface area (Å²) in [7, 11) is 0. The third kappa shape index (κ3) is 4.88. The Bertz CT molecular complexity index is 447. The maximum atomic E-state index is 12.9. The van der Waals surface area contributed by atoms with Crippen molar-refractivity contribution in [2.45, 2.75) is 38.9 Å². The van der Waals surface area contributed by atoms with E-state index in [9.17, 15) is 13.2 Å². The number of hydrogen-bond acceptors (Lipinski definition) is 4. The first-order valence-corrected chi connectivity index (χ1v) is 6.40. The molecule has 0 amide bonds. The normalized spacial score (nSPS) is 12.3. The highest BCUT2D eigenvalue weighted by Crippen LogP contribution is 2.32. The zero-order valence-corrected chi connectivity index (χ0v) is 11.8. The molecule has 1 aromatic heterocycles. The molecule has 0 unspecified atom stereocenters. The van der Waals surface area contributed by atoms with Crippen molar-refractivity contribution in [1.82, 2.24) is 4.98 Å². The molecule has 7 heteroatoms. The fourth-order valence-corrected chi connectivity index (χ4v) is 1.49. The highest BCUT2D eigenvalue weighted by atomic mass is 19.4. The third-order valence-corrected chi connectivity index (χ3v) is 2.57. The summed E-state index contributed by atoms with van der Waals surface area (Å²) in [6, 6.07) is 1.92. The van der Waals surface area contributed by atoms with Gasteiger partial charge in [0.05, 0.1) is 17.7 Å². The molecule has 4 nitrogen and oxygen atoms in total. The van der Waals surface area contributed by atoms with Crippen LogP contribution in [0.5, 0.6) is 0 Å². The molecule has 0 saturated carbocycles. The second-order valence-corrected chi connectivity index (χ2v) is 5.22. The van der Waals surface area contributed by atoms with Gasteiger partial charge < -0.3 is 15.7 Å². The van der Waals surface area contributed by atoms with E-state index in [1.165, 1.54) is 0 Å². The summed E-state index contributed by atoms with van der Waals surface area (Å²) >= 11 is 0. The number of alkyl halides is 3. The number of nitrogens with one attached hydrogen (secondary N) is 2. The van der Waals surface area contributed by atoms with Gasteiger partial charge >= 0.3 is 6.18 Å². The third-order valence-electron chi connectivity index (χ3n) is 2.57. The van der Waals surface area contributed by atoms with E-state index in [1.807, 2.05) is 6.92 Å². The van der Waals surface area contributed by atoms with Gasteiger partial charge in [-0.2, -0.15) is 13.2 Å².